The fourth-order valence-electron chi connectivity index (χ4n) is 2.76. The van der Waals surface area contributed by atoms with Gasteiger partial charge in [-0.25, -0.2) is 4.98 Å². The Bertz CT molecular complexity index is 648. The Balaban J connectivity index is 1.67. The predicted molar refractivity (Wildman–Crippen MR) is 80.1 cm³/mol. The molecule has 1 aliphatic heterocycles. The average molecular weight is 303 g/mol. The van der Waals surface area contributed by atoms with Crippen molar-refractivity contribution in [3.8, 4) is 0 Å². The van der Waals surface area contributed by atoms with Crippen molar-refractivity contribution in [2.75, 3.05) is 19.8 Å². The van der Waals surface area contributed by atoms with Crippen LogP contribution in [0.1, 0.15) is 29.7 Å². The van der Waals surface area contributed by atoms with Crippen molar-refractivity contribution in [2.24, 2.45) is 7.05 Å². The Morgan fingerprint density at radius 1 is 1.55 bits per heavy atom. The number of H-pyrrole nitrogens is 1. The van der Waals surface area contributed by atoms with Crippen LogP contribution in [0.5, 0.6) is 0 Å². The quantitative estimate of drug-likeness (QED) is 0.913. The summed E-state index contributed by atoms with van der Waals surface area (Å²) in [5.74, 6) is 0.926. The fraction of sp³-hybridized carbons (Fsp3) is 0.533. The number of carbonyl (C=O) groups is 1. The number of aryl methyl sites for hydroxylation is 3. The fourth-order valence-corrected chi connectivity index (χ4v) is 2.76. The molecule has 1 amide bonds. The Labute approximate surface area is 129 Å². The molecule has 7 nitrogen and oxygen atoms in total. The third kappa shape index (κ3) is 3.04. The van der Waals surface area contributed by atoms with E-state index in [0.29, 0.717) is 32.6 Å². The Morgan fingerprint density at radius 2 is 2.41 bits per heavy atom. The molecule has 0 aliphatic carbocycles. The van der Waals surface area contributed by atoms with Gasteiger partial charge in [0, 0.05) is 43.8 Å². The lowest BCUT2D eigenvalue weighted by atomic mass is 10.1. The molecule has 22 heavy (non-hydrogen) atoms. The van der Waals surface area contributed by atoms with Crippen LogP contribution in [-0.4, -0.2) is 50.3 Å². The maximum absolute atomic E-state index is 12.6. The van der Waals surface area contributed by atoms with Crippen LogP contribution in [0.3, 0.4) is 0 Å². The van der Waals surface area contributed by atoms with Crippen LogP contribution in [0.4, 0.5) is 0 Å². The van der Waals surface area contributed by atoms with Crippen LogP contribution in [0, 0.1) is 6.92 Å². The minimum Gasteiger partial charge on any atom is -0.377 e. The van der Waals surface area contributed by atoms with Gasteiger partial charge < -0.3 is 14.6 Å². The van der Waals surface area contributed by atoms with Gasteiger partial charge in [0.15, 0.2) is 0 Å². The second-order valence-corrected chi connectivity index (χ2v) is 5.58. The van der Waals surface area contributed by atoms with Crippen molar-refractivity contribution in [3.63, 3.8) is 0 Å². The normalized spacial score (nSPS) is 18.6. The van der Waals surface area contributed by atoms with E-state index in [-0.39, 0.29) is 11.9 Å². The van der Waals surface area contributed by atoms with Crippen LogP contribution in [0.25, 0.3) is 0 Å². The van der Waals surface area contributed by atoms with Crippen molar-refractivity contribution in [1.82, 2.24) is 24.6 Å². The van der Waals surface area contributed by atoms with E-state index in [9.17, 15) is 4.79 Å². The lowest BCUT2D eigenvalue weighted by molar-refractivity contribution is -0.140. The molecular formula is C15H21N5O2. The van der Waals surface area contributed by atoms with Gasteiger partial charge >= 0.3 is 0 Å². The summed E-state index contributed by atoms with van der Waals surface area (Å²) in [5, 5.41) is 4.13. The van der Waals surface area contributed by atoms with Gasteiger partial charge in [-0.15, -0.1) is 0 Å². The number of hydrogen-bond donors (Lipinski definition) is 1. The summed E-state index contributed by atoms with van der Waals surface area (Å²) in [6.45, 7) is 3.63. The molecule has 0 bridgehead atoms. The molecule has 0 saturated carbocycles. The van der Waals surface area contributed by atoms with E-state index in [1.807, 2.05) is 24.9 Å². The minimum atomic E-state index is -0.124. The lowest BCUT2D eigenvalue weighted by Gasteiger charge is -2.34. The molecule has 0 radical (unpaired) electrons. The van der Waals surface area contributed by atoms with Crippen molar-refractivity contribution in [3.05, 3.63) is 35.7 Å². The van der Waals surface area contributed by atoms with Crippen molar-refractivity contribution < 1.29 is 9.53 Å². The minimum absolute atomic E-state index is 0.124. The first kappa shape index (κ1) is 14.8. The monoisotopic (exact) mass is 303 g/mol. The van der Waals surface area contributed by atoms with Crippen LogP contribution in [0.2, 0.25) is 0 Å². The van der Waals surface area contributed by atoms with Crippen LogP contribution < -0.4 is 0 Å². The number of amides is 1. The van der Waals surface area contributed by atoms with Crippen molar-refractivity contribution in [2.45, 2.75) is 25.8 Å². The number of aromatic amines is 1. The molecule has 1 saturated heterocycles. The summed E-state index contributed by atoms with van der Waals surface area (Å²) in [5.41, 5.74) is 2.05. The molecule has 2 aromatic heterocycles. The largest absolute Gasteiger partial charge is 0.377 e. The third-order valence-electron chi connectivity index (χ3n) is 4.00. The maximum Gasteiger partial charge on any atom is 0.223 e. The zero-order valence-corrected chi connectivity index (χ0v) is 13.0. The number of morpholine rings is 1. The standard InChI is InChI=1S/C15H21N5O2/c1-11-9-16-15(18-11)13-10-22-8-7-20(13)14(21)4-3-12-5-6-17-19(12)2/h5-6,9,13H,3-4,7-8,10H2,1-2H3,(H,16,18)/t13-/m1/s1. The predicted octanol–water partition coefficient (Wildman–Crippen LogP) is 0.984. The molecular weight excluding hydrogens is 282 g/mol. The highest BCUT2D eigenvalue weighted by Crippen LogP contribution is 2.23. The molecule has 1 atom stereocenters. The van der Waals surface area contributed by atoms with Gasteiger partial charge in [-0.1, -0.05) is 0 Å². The summed E-state index contributed by atoms with van der Waals surface area (Å²) in [6.07, 6.45) is 4.69. The van der Waals surface area contributed by atoms with Crippen LogP contribution >= 0.6 is 0 Å². The summed E-state index contributed by atoms with van der Waals surface area (Å²) in [4.78, 5) is 22.0. The van der Waals surface area contributed by atoms with E-state index in [2.05, 4.69) is 15.1 Å². The zero-order chi connectivity index (χ0) is 15.5. The first-order valence-electron chi connectivity index (χ1n) is 7.51. The number of nitrogens with one attached hydrogen (secondary N) is 1. The molecule has 1 fully saturated rings. The molecule has 118 valence electrons. The van der Waals surface area contributed by atoms with Gasteiger partial charge in [-0.3, -0.25) is 9.48 Å². The smallest absolute Gasteiger partial charge is 0.223 e. The highest BCUT2D eigenvalue weighted by Gasteiger charge is 2.30. The molecule has 3 heterocycles. The number of nitrogens with zero attached hydrogens (tertiary/aromatic N) is 4. The summed E-state index contributed by atoms with van der Waals surface area (Å²) < 4.78 is 7.33. The van der Waals surface area contributed by atoms with E-state index >= 15 is 0 Å². The van der Waals surface area contributed by atoms with Gasteiger partial charge in [-0.05, 0) is 19.4 Å². The SMILES string of the molecule is Cc1cnc([C@H]2COCCN2C(=O)CCc2ccnn2C)[nH]1. The van der Waals surface area contributed by atoms with Crippen molar-refractivity contribution in [1.29, 1.82) is 0 Å². The summed E-state index contributed by atoms with van der Waals surface area (Å²) in [6, 6.07) is 1.82. The number of imidazole rings is 1. The van der Waals surface area contributed by atoms with Gasteiger partial charge in [-0.2, -0.15) is 5.10 Å². The van der Waals surface area contributed by atoms with Crippen molar-refractivity contribution >= 4 is 5.91 Å². The molecule has 1 N–H and O–H groups in total. The van der Waals surface area contributed by atoms with Gasteiger partial charge in [0.2, 0.25) is 5.91 Å². The summed E-state index contributed by atoms with van der Waals surface area (Å²) in [7, 11) is 1.89. The molecule has 3 rings (SSSR count). The van der Waals surface area contributed by atoms with Crippen LogP contribution in [0.15, 0.2) is 18.5 Å². The second-order valence-electron chi connectivity index (χ2n) is 5.58. The molecule has 1 aliphatic rings. The molecule has 0 unspecified atom stereocenters. The Hall–Kier alpha value is -2.15. The first-order valence-corrected chi connectivity index (χ1v) is 7.51. The molecule has 0 spiro atoms. The average Bonchev–Trinajstić information content (AvgIpc) is 3.13. The van der Waals surface area contributed by atoms with E-state index in [4.69, 9.17) is 4.74 Å². The first-order chi connectivity index (χ1) is 10.6. The van der Waals surface area contributed by atoms with Gasteiger partial charge in [0.25, 0.3) is 0 Å². The molecule has 2 aromatic rings. The third-order valence-corrected chi connectivity index (χ3v) is 4.00. The highest BCUT2D eigenvalue weighted by atomic mass is 16.5. The summed E-state index contributed by atoms with van der Waals surface area (Å²) >= 11 is 0. The number of carbonyl (C=O) groups excluding carboxylic acids is 1. The molecule has 0 aromatic carbocycles. The van der Waals surface area contributed by atoms with E-state index < -0.39 is 0 Å². The topological polar surface area (TPSA) is 76.0 Å². The van der Waals surface area contributed by atoms with Gasteiger partial charge in [0.05, 0.1) is 13.2 Å². The maximum atomic E-state index is 12.6. The Morgan fingerprint density at radius 3 is 3.09 bits per heavy atom. The highest BCUT2D eigenvalue weighted by molar-refractivity contribution is 5.77. The van der Waals surface area contributed by atoms with E-state index in [0.717, 1.165) is 17.2 Å². The Kier molecular flexibility index (Phi) is 4.24. The lowest BCUT2D eigenvalue weighted by Crippen LogP contribution is -2.44. The number of rotatable bonds is 4. The number of ether oxygens (including phenoxy) is 1. The molecule has 7 heteroatoms. The van der Waals surface area contributed by atoms with Crippen LogP contribution in [-0.2, 0) is 23.0 Å². The second kappa shape index (κ2) is 6.31. The number of hydrogen-bond acceptors (Lipinski definition) is 4. The zero-order valence-electron chi connectivity index (χ0n) is 13.0. The van der Waals surface area contributed by atoms with E-state index in [1.165, 1.54) is 0 Å². The van der Waals surface area contributed by atoms with E-state index in [1.54, 1.807) is 17.1 Å². The van der Waals surface area contributed by atoms with Gasteiger partial charge in [0.1, 0.15) is 11.9 Å². The number of aromatic nitrogens is 4.